The summed E-state index contributed by atoms with van der Waals surface area (Å²) in [6, 6.07) is 3.62. The molecule has 9 nitrogen and oxygen atoms in total. The maximum atomic E-state index is 13.4. The number of carbonyl (C=O) groups excluding carboxylic acids is 3. The van der Waals surface area contributed by atoms with Gasteiger partial charge in [-0.05, 0) is 57.7 Å². The largest absolute Gasteiger partial charge is 0.377 e. The third-order valence-electron chi connectivity index (χ3n) is 6.15. The minimum Gasteiger partial charge on any atom is -0.377 e. The number of anilines is 1. The van der Waals surface area contributed by atoms with Crippen LogP contribution in [0.5, 0.6) is 0 Å². The number of nitrogens with zero attached hydrogens (tertiary/aromatic N) is 2. The molecule has 1 aromatic heterocycles. The maximum absolute atomic E-state index is 13.4. The number of ether oxygens (including phenoxy) is 1. The van der Waals surface area contributed by atoms with Crippen molar-refractivity contribution in [1.29, 1.82) is 0 Å². The average Bonchev–Trinajstić information content (AvgIpc) is 3.29. The van der Waals surface area contributed by atoms with E-state index in [-0.39, 0.29) is 40.8 Å². The number of aromatic nitrogens is 2. The maximum Gasteiger partial charge on any atom is 0.273 e. The molecule has 0 aliphatic heterocycles. The third-order valence-corrected chi connectivity index (χ3v) is 6.46. The van der Waals surface area contributed by atoms with Crippen molar-refractivity contribution in [3.63, 3.8) is 0 Å². The van der Waals surface area contributed by atoms with Gasteiger partial charge in [-0.15, -0.1) is 0 Å². The second-order valence-electron chi connectivity index (χ2n) is 9.01. The molecule has 0 unspecified atom stereocenters. The second-order valence-corrected chi connectivity index (χ2v) is 9.41. The average molecular weight is 494 g/mol. The van der Waals surface area contributed by atoms with E-state index in [1.165, 1.54) is 18.5 Å². The van der Waals surface area contributed by atoms with Gasteiger partial charge in [0, 0.05) is 25.6 Å². The second kappa shape index (κ2) is 10.5. The number of primary amides is 1. The molecule has 1 aromatic carbocycles. The highest BCUT2D eigenvalue weighted by Gasteiger charge is 2.36. The number of hydrogen-bond donors (Lipinski definition) is 3. The molecule has 11 heteroatoms. The van der Waals surface area contributed by atoms with Crippen LogP contribution in [0.4, 0.5) is 10.1 Å². The van der Waals surface area contributed by atoms with Crippen molar-refractivity contribution in [2.24, 2.45) is 11.7 Å². The van der Waals surface area contributed by atoms with Crippen molar-refractivity contribution < 1.29 is 23.5 Å². The molecule has 0 radical (unpaired) electrons. The molecule has 1 aliphatic rings. The molecule has 2 aromatic rings. The summed E-state index contributed by atoms with van der Waals surface area (Å²) in [5.74, 6) is -2.16. The first-order valence-electron chi connectivity index (χ1n) is 11.0. The summed E-state index contributed by atoms with van der Waals surface area (Å²) >= 11 is 6.02. The Kier molecular flexibility index (Phi) is 7.93. The molecular weight excluding hydrogens is 465 g/mol. The van der Waals surface area contributed by atoms with Crippen molar-refractivity contribution in [2.45, 2.75) is 51.2 Å². The Morgan fingerprint density at radius 3 is 2.56 bits per heavy atom. The van der Waals surface area contributed by atoms with Gasteiger partial charge in [0.1, 0.15) is 11.5 Å². The van der Waals surface area contributed by atoms with E-state index in [0.717, 1.165) is 6.07 Å². The van der Waals surface area contributed by atoms with E-state index in [1.807, 2.05) is 13.8 Å². The number of nitrogens with one attached hydrogen (secondary N) is 2. The molecule has 0 saturated heterocycles. The lowest BCUT2D eigenvalue weighted by atomic mass is 9.84. The minimum absolute atomic E-state index is 0.0326. The summed E-state index contributed by atoms with van der Waals surface area (Å²) in [5.41, 5.74) is 5.00. The van der Waals surface area contributed by atoms with E-state index in [0.29, 0.717) is 31.4 Å². The summed E-state index contributed by atoms with van der Waals surface area (Å²) in [4.78, 5) is 46.1. The van der Waals surface area contributed by atoms with Gasteiger partial charge >= 0.3 is 0 Å². The number of amides is 3. The van der Waals surface area contributed by atoms with Gasteiger partial charge in [0.15, 0.2) is 5.69 Å². The van der Waals surface area contributed by atoms with Crippen LogP contribution >= 0.6 is 11.6 Å². The van der Waals surface area contributed by atoms with Crippen molar-refractivity contribution in [1.82, 2.24) is 14.9 Å². The predicted octanol–water partition coefficient (Wildman–Crippen LogP) is 3.37. The minimum atomic E-state index is -0.796. The molecule has 1 aliphatic carbocycles. The Morgan fingerprint density at radius 2 is 1.97 bits per heavy atom. The Labute approximate surface area is 202 Å². The summed E-state index contributed by atoms with van der Waals surface area (Å²) in [7, 11) is 1.56. The molecule has 0 atom stereocenters. The van der Waals surface area contributed by atoms with Crippen LogP contribution in [0.2, 0.25) is 5.02 Å². The first-order valence-corrected chi connectivity index (χ1v) is 11.4. The lowest BCUT2D eigenvalue weighted by Crippen LogP contribution is -2.50. The first-order chi connectivity index (χ1) is 16.0. The molecule has 34 heavy (non-hydrogen) atoms. The van der Waals surface area contributed by atoms with Crippen molar-refractivity contribution in [2.75, 3.05) is 19.0 Å². The normalized spacial score (nSPS) is 18.4. The lowest BCUT2D eigenvalue weighted by Gasteiger charge is -2.40. The van der Waals surface area contributed by atoms with Gasteiger partial charge in [-0.3, -0.25) is 14.4 Å². The van der Waals surface area contributed by atoms with Gasteiger partial charge in [-0.2, -0.15) is 0 Å². The topological polar surface area (TPSA) is 130 Å². The lowest BCUT2D eigenvalue weighted by molar-refractivity contribution is -0.121. The molecular formula is C23H29ClFN5O4. The van der Waals surface area contributed by atoms with E-state index in [2.05, 4.69) is 15.3 Å². The molecule has 4 N–H and O–H groups in total. The smallest absolute Gasteiger partial charge is 0.273 e. The van der Waals surface area contributed by atoms with Crippen LogP contribution in [-0.2, 0) is 9.53 Å². The number of methoxy groups -OCH3 is 1. The van der Waals surface area contributed by atoms with Crippen LogP contribution in [0, 0.1) is 11.7 Å². The quantitative estimate of drug-likeness (QED) is 0.519. The highest BCUT2D eigenvalue weighted by molar-refractivity contribution is 6.33. The number of aromatic amines is 1. The van der Waals surface area contributed by atoms with Crippen LogP contribution in [0.3, 0.4) is 0 Å². The number of halogens is 2. The number of benzene rings is 1. The van der Waals surface area contributed by atoms with Crippen molar-refractivity contribution >= 4 is 35.0 Å². The van der Waals surface area contributed by atoms with Gasteiger partial charge in [0.25, 0.3) is 11.8 Å². The highest BCUT2D eigenvalue weighted by atomic mass is 35.5. The number of carbonyl (C=O) groups is 3. The van der Waals surface area contributed by atoms with Crippen LogP contribution in [0.1, 0.15) is 60.5 Å². The summed E-state index contributed by atoms with van der Waals surface area (Å²) < 4.78 is 18.8. The van der Waals surface area contributed by atoms with Crippen molar-refractivity contribution in [3.05, 3.63) is 46.8 Å². The Balaban J connectivity index is 1.72. The third kappa shape index (κ3) is 5.92. The monoisotopic (exact) mass is 493 g/mol. The Hall–Kier alpha value is -2.98. The van der Waals surface area contributed by atoms with Crippen LogP contribution in [0.25, 0.3) is 0 Å². The number of H-pyrrole nitrogens is 1. The van der Waals surface area contributed by atoms with E-state index in [1.54, 1.807) is 12.0 Å². The van der Waals surface area contributed by atoms with Crippen molar-refractivity contribution in [3.8, 4) is 0 Å². The van der Waals surface area contributed by atoms with E-state index in [9.17, 15) is 18.8 Å². The van der Waals surface area contributed by atoms with E-state index < -0.39 is 23.2 Å². The van der Waals surface area contributed by atoms with Gasteiger partial charge in [0.05, 0.1) is 22.6 Å². The van der Waals surface area contributed by atoms with Crippen LogP contribution < -0.4 is 11.1 Å². The summed E-state index contributed by atoms with van der Waals surface area (Å²) in [6.45, 7) is 3.99. The summed E-state index contributed by atoms with van der Waals surface area (Å²) in [6.07, 6.45) is 3.48. The number of imidazole rings is 1. The zero-order valence-corrected chi connectivity index (χ0v) is 20.1. The van der Waals surface area contributed by atoms with E-state index >= 15 is 0 Å². The van der Waals surface area contributed by atoms with Gasteiger partial charge in [-0.1, -0.05) is 11.6 Å². The Bertz CT molecular complexity index is 1070. The number of rotatable bonds is 8. The Morgan fingerprint density at radius 1 is 1.29 bits per heavy atom. The van der Waals surface area contributed by atoms with E-state index in [4.69, 9.17) is 22.1 Å². The molecule has 1 fully saturated rings. The fourth-order valence-corrected chi connectivity index (χ4v) is 4.32. The molecule has 3 rings (SSSR count). The van der Waals surface area contributed by atoms with Gasteiger partial charge in [0.2, 0.25) is 5.91 Å². The first kappa shape index (κ1) is 25.6. The fourth-order valence-electron chi connectivity index (χ4n) is 4.10. The molecule has 1 heterocycles. The standard InChI is InChI=1S/C23H29ClFN5O4/c1-23(2,34-3)11-30(22(33)19-18(20(26)31)27-12-28-19)15-7-4-13(5-8-15)21(32)29-17-9-6-14(25)10-16(17)24/h6,9-10,12-13,15H,4-5,7-8,11H2,1-3H3,(H2,26,31)(H,27,28)(H,29,32). The van der Waals surface area contributed by atoms with Gasteiger partial charge < -0.3 is 25.7 Å². The fraction of sp³-hybridized carbons (Fsp3) is 0.478. The number of hydrogen-bond acceptors (Lipinski definition) is 5. The zero-order valence-electron chi connectivity index (χ0n) is 19.4. The van der Waals surface area contributed by atoms with Gasteiger partial charge in [-0.25, -0.2) is 9.37 Å². The van der Waals surface area contributed by atoms with Crippen LogP contribution in [0.15, 0.2) is 24.5 Å². The number of nitrogens with two attached hydrogens (primary N) is 1. The summed E-state index contributed by atoms with van der Waals surface area (Å²) in [5, 5.41) is 2.89. The SMILES string of the molecule is COC(C)(C)CN(C(=O)c1[nH]cnc1C(N)=O)C1CCC(C(=O)Nc2ccc(F)cc2Cl)CC1. The molecule has 1 saturated carbocycles. The highest BCUT2D eigenvalue weighted by Crippen LogP contribution is 2.32. The van der Waals surface area contributed by atoms with Crippen LogP contribution in [-0.4, -0.2) is 57.9 Å². The zero-order chi connectivity index (χ0) is 25.0. The molecule has 0 spiro atoms. The molecule has 3 amide bonds. The molecule has 0 bridgehead atoms. The molecule has 184 valence electrons. The predicted molar refractivity (Wildman–Crippen MR) is 125 cm³/mol.